The minimum absolute atomic E-state index is 0.0525. The number of carbonyl (C=O) groups excluding carboxylic acids is 1. The number of hydrogen-bond acceptors (Lipinski definition) is 4. The second kappa shape index (κ2) is 5.93. The molecule has 2 N–H and O–H groups in total. The Morgan fingerprint density at radius 3 is 2.47 bits per heavy atom. The van der Waals surface area contributed by atoms with E-state index in [9.17, 15) is 9.59 Å². The summed E-state index contributed by atoms with van der Waals surface area (Å²) < 4.78 is 4.96. The van der Waals surface area contributed by atoms with Crippen LogP contribution in [-0.2, 0) is 4.79 Å². The quantitative estimate of drug-likeness (QED) is 0.782. The largest absolute Gasteiger partial charge is 0.475 e. The Bertz CT molecular complexity index is 396. The van der Waals surface area contributed by atoms with Crippen molar-refractivity contribution in [3.05, 3.63) is 17.9 Å². The Kier molecular flexibility index (Phi) is 4.56. The van der Waals surface area contributed by atoms with Crippen LogP contribution in [-0.4, -0.2) is 41.5 Å². The SMILES string of the molecule is CCN(CC)C(=O)CNc1ccc(C(=O)O)o1. The second-order valence-corrected chi connectivity index (χ2v) is 3.39. The highest BCUT2D eigenvalue weighted by Gasteiger charge is 2.12. The first-order chi connectivity index (χ1) is 8.08. The minimum Gasteiger partial charge on any atom is -0.475 e. The third kappa shape index (κ3) is 3.51. The van der Waals surface area contributed by atoms with E-state index in [1.54, 1.807) is 4.90 Å². The Hall–Kier alpha value is -1.98. The number of carbonyl (C=O) groups is 2. The summed E-state index contributed by atoms with van der Waals surface area (Å²) in [7, 11) is 0. The van der Waals surface area contributed by atoms with Gasteiger partial charge in [0, 0.05) is 19.2 Å². The molecule has 0 aliphatic carbocycles. The average Bonchev–Trinajstić information content (AvgIpc) is 2.76. The molecule has 0 spiro atoms. The maximum atomic E-state index is 11.6. The maximum absolute atomic E-state index is 11.6. The molecule has 1 heterocycles. The fourth-order valence-electron chi connectivity index (χ4n) is 1.40. The molecule has 94 valence electrons. The molecule has 6 nitrogen and oxygen atoms in total. The molecule has 0 saturated heterocycles. The van der Waals surface area contributed by atoms with E-state index < -0.39 is 5.97 Å². The first-order valence-electron chi connectivity index (χ1n) is 5.43. The summed E-state index contributed by atoms with van der Waals surface area (Å²) in [5.74, 6) is -1.05. The first kappa shape index (κ1) is 13.1. The number of nitrogens with one attached hydrogen (secondary N) is 1. The Morgan fingerprint density at radius 1 is 1.35 bits per heavy atom. The highest BCUT2D eigenvalue weighted by Crippen LogP contribution is 2.12. The molecule has 0 fully saturated rings. The summed E-state index contributed by atoms with van der Waals surface area (Å²) in [5.41, 5.74) is 0. The van der Waals surface area contributed by atoms with Gasteiger partial charge in [-0.3, -0.25) is 4.79 Å². The van der Waals surface area contributed by atoms with Crippen LogP contribution in [0.3, 0.4) is 0 Å². The summed E-state index contributed by atoms with van der Waals surface area (Å²) in [6.45, 7) is 5.19. The normalized spacial score (nSPS) is 10.0. The minimum atomic E-state index is -1.13. The average molecular weight is 240 g/mol. The van der Waals surface area contributed by atoms with Gasteiger partial charge in [-0.2, -0.15) is 0 Å². The van der Waals surface area contributed by atoms with Gasteiger partial charge in [0.15, 0.2) is 5.88 Å². The summed E-state index contributed by atoms with van der Waals surface area (Å²) >= 11 is 0. The number of rotatable bonds is 6. The molecule has 0 aliphatic rings. The van der Waals surface area contributed by atoms with Crippen molar-refractivity contribution in [2.75, 3.05) is 25.0 Å². The molecule has 1 aromatic rings. The van der Waals surface area contributed by atoms with Crippen LogP contribution in [0.2, 0.25) is 0 Å². The van der Waals surface area contributed by atoms with E-state index in [4.69, 9.17) is 9.52 Å². The number of furan rings is 1. The molecule has 17 heavy (non-hydrogen) atoms. The topological polar surface area (TPSA) is 82.8 Å². The van der Waals surface area contributed by atoms with Crippen molar-refractivity contribution in [2.24, 2.45) is 0 Å². The van der Waals surface area contributed by atoms with Gasteiger partial charge in [-0.25, -0.2) is 4.79 Å². The van der Waals surface area contributed by atoms with Crippen molar-refractivity contribution < 1.29 is 19.1 Å². The van der Waals surface area contributed by atoms with Gasteiger partial charge in [0.2, 0.25) is 11.7 Å². The Labute approximate surface area is 99.2 Å². The number of likely N-dealkylation sites (N-methyl/N-ethyl adjacent to an activating group) is 1. The fraction of sp³-hybridized carbons (Fsp3) is 0.455. The van der Waals surface area contributed by atoms with Crippen molar-refractivity contribution in [2.45, 2.75) is 13.8 Å². The molecule has 6 heteroatoms. The molecule has 1 rings (SSSR count). The van der Waals surface area contributed by atoms with Crippen LogP contribution in [0.25, 0.3) is 0 Å². The third-order valence-electron chi connectivity index (χ3n) is 2.35. The van der Waals surface area contributed by atoms with Gasteiger partial charge in [-0.1, -0.05) is 0 Å². The summed E-state index contributed by atoms with van der Waals surface area (Å²) in [4.78, 5) is 23.9. The predicted molar refractivity (Wildman–Crippen MR) is 62.1 cm³/mol. The van der Waals surface area contributed by atoms with Crippen LogP contribution >= 0.6 is 0 Å². The zero-order chi connectivity index (χ0) is 12.8. The lowest BCUT2D eigenvalue weighted by molar-refractivity contribution is -0.128. The molecule has 0 bridgehead atoms. The van der Waals surface area contributed by atoms with E-state index in [0.29, 0.717) is 13.1 Å². The standard InChI is InChI=1S/C11H16N2O4/c1-3-13(4-2)10(14)7-12-9-6-5-8(17-9)11(15)16/h5-6,12H,3-4,7H2,1-2H3,(H,15,16). The van der Waals surface area contributed by atoms with E-state index >= 15 is 0 Å². The summed E-state index contributed by atoms with van der Waals surface area (Å²) in [5, 5.41) is 11.4. The lowest BCUT2D eigenvalue weighted by Crippen LogP contribution is -2.35. The van der Waals surface area contributed by atoms with Crippen LogP contribution in [0.4, 0.5) is 5.88 Å². The highest BCUT2D eigenvalue weighted by atomic mass is 16.4. The molecule has 0 unspecified atom stereocenters. The number of aromatic carboxylic acids is 1. The summed E-state index contributed by atoms with van der Waals surface area (Å²) in [6.07, 6.45) is 0. The number of anilines is 1. The number of carboxylic acids is 1. The fourth-order valence-corrected chi connectivity index (χ4v) is 1.40. The van der Waals surface area contributed by atoms with Gasteiger partial charge in [-0.05, 0) is 19.9 Å². The number of amides is 1. The predicted octanol–water partition coefficient (Wildman–Crippen LogP) is 1.26. The van der Waals surface area contributed by atoms with Crippen molar-refractivity contribution in [3.63, 3.8) is 0 Å². The van der Waals surface area contributed by atoms with Crippen LogP contribution in [0.5, 0.6) is 0 Å². The number of hydrogen-bond donors (Lipinski definition) is 2. The molecule has 1 amide bonds. The zero-order valence-corrected chi connectivity index (χ0v) is 9.90. The second-order valence-electron chi connectivity index (χ2n) is 3.39. The number of carboxylic acid groups (broad SMARTS) is 1. The zero-order valence-electron chi connectivity index (χ0n) is 9.90. The molecular formula is C11H16N2O4. The lowest BCUT2D eigenvalue weighted by Gasteiger charge is -2.18. The molecule has 0 aromatic carbocycles. The smallest absolute Gasteiger partial charge is 0.371 e. The van der Waals surface area contributed by atoms with E-state index in [1.807, 2.05) is 13.8 Å². The van der Waals surface area contributed by atoms with Crippen LogP contribution in [0.15, 0.2) is 16.5 Å². The van der Waals surface area contributed by atoms with Gasteiger partial charge in [-0.15, -0.1) is 0 Å². The molecule has 0 radical (unpaired) electrons. The third-order valence-corrected chi connectivity index (χ3v) is 2.35. The molecule has 0 aliphatic heterocycles. The van der Waals surface area contributed by atoms with Crippen LogP contribution in [0.1, 0.15) is 24.4 Å². The monoisotopic (exact) mass is 240 g/mol. The van der Waals surface area contributed by atoms with Crippen molar-refractivity contribution >= 4 is 17.8 Å². The Balaban J connectivity index is 2.49. The van der Waals surface area contributed by atoms with Gasteiger partial charge in [0.05, 0.1) is 6.54 Å². The van der Waals surface area contributed by atoms with Crippen molar-refractivity contribution in [1.82, 2.24) is 4.90 Å². The van der Waals surface area contributed by atoms with Crippen molar-refractivity contribution in [1.29, 1.82) is 0 Å². The molecule has 0 saturated carbocycles. The highest BCUT2D eigenvalue weighted by molar-refractivity contribution is 5.85. The van der Waals surface area contributed by atoms with Gasteiger partial charge >= 0.3 is 5.97 Å². The Morgan fingerprint density at radius 2 is 2.00 bits per heavy atom. The van der Waals surface area contributed by atoms with Gasteiger partial charge in [0.1, 0.15) is 0 Å². The molecule has 0 atom stereocenters. The van der Waals surface area contributed by atoms with E-state index in [0.717, 1.165) is 0 Å². The van der Waals surface area contributed by atoms with Gasteiger partial charge in [0.25, 0.3) is 0 Å². The number of nitrogens with zero attached hydrogens (tertiary/aromatic N) is 1. The summed E-state index contributed by atoms with van der Waals surface area (Å²) in [6, 6.07) is 2.82. The van der Waals surface area contributed by atoms with Crippen molar-refractivity contribution in [3.8, 4) is 0 Å². The maximum Gasteiger partial charge on any atom is 0.371 e. The first-order valence-corrected chi connectivity index (χ1v) is 5.43. The lowest BCUT2D eigenvalue weighted by atomic mass is 10.4. The molecule has 1 aromatic heterocycles. The van der Waals surface area contributed by atoms with E-state index in [-0.39, 0.29) is 24.1 Å². The van der Waals surface area contributed by atoms with Gasteiger partial charge < -0.3 is 19.7 Å². The van der Waals surface area contributed by atoms with E-state index in [2.05, 4.69) is 5.32 Å². The van der Waals surface area contributed by atoms with Crippen LogP contribution in [0, 0.1) is 0 Å². The van der Waals surface area contributed by atoms with E-state index in [1.165, 1.54) is 12.1 Å². The molecular weight excluding hydrogens is 224 g/mol. The van der Waals surface area contributed by atoms with Crippen LogP contribution < -0.4 is 5.32 Å².